The van der Waals surface area contributed by atoms with Crippen LogP contribution in [0.4, 0.5) is 0 Å². The van der Waals surface area contributed by atoms with Crippen molar-refractivity contribution in [3.05, 3.63) is 123 Å². The highest BCUT2D eigenvalue weighted by atomic mass is 16.1. The minimum atomic E-state index is -0.199. The lowest BCUT2D eigenvalue weighted by atomic mass is 9.59. The van der Waals surface area contributed by atoms with Gasteiger partial charge in [-0.05, 0) is 58.2 Å². The maximum Gasteiger partial charge on any atom is 0.255 e. The Labute approximate surface area is 192 Å². The van der Waals surface area contributed by atoms with Gasteiger partial charge in [-0.3, -0.25) is 9.59 Å². The van der Waals surface area contributed by atoms with Crippen molar-refractivity contribution in [3.63, 3.8) is 0 Å². The second-order valence-corrected chi connectivity index (χ2v) is 9.00. The summed E-state index contributed by atoms with van der Waals surface area (Å²) in [7, 11) is 0. The molecule has 7 rings (SSSR count). The normalized spacial score (nSPS) is 20.5. The lowest BCUT2D eigenvalue weighted by Gasteiger charge is -2.45. The summed E-state index contributed by atoms with van der Waals surface area (Å²) in [4.78, 5) is 27.8. The highest BCUT2D eigenvalue weighted by molar-refractivity contribution is 5.92. The molecule has 3 aliphatic carbocycles. The van der Waals surface area contributed by atoms with Gasteiger partial charge in [0, 0.05) is 35.5 Å². The topological polar surface area (TPSA) is 62.0 Å². The standard InChI is InChI=1S/C29H24N2O2/c32-27(14-13-19-15-18-7-1-6-12-26(18)31-29(19)33)30-17-20-16-25-21-8-2-4-10-23(21)28(20)24-11-5-3-9-22(24)25/h1-15,20,25,28H,16-17H2,(H,30,32)(H,31,33)/b14-13+. The van der Waals surface area contributed by atoms with Crippen LogP contribution in [0, 0.1) is 5.92 Å². The van der Waals surface area contributed by atoms with E-state index in [4.69, 9.17) is 0 Å². The monoisotopic (exact) mass is 432 g/mol. The molecule has 1 unspecified atom stereocenters. The summed E-state index contributed by atoms with van der Waals surface area (Å²) in [6.07, 6.45) is 4.09. The zero-order valence-electron chi connectivity index (χ0n) is 18.1. The maximum absolute atomic E-state index is 12.6. The summed E-state index contributed by atoms with van der Waals surface area (Å²) in [6, 6.07) is 26.9. The van der Waals surface area contributed by atoms with Gasteiger partial charge in [0.1, 0.15) is 0 Å². The molecule has 0 spiro atoms. The minimum Gasteiger partial charge on any atom is -0.352 e. The van der Waals surface area contributed by atoms with Crippen LogP contribution < -0.4 is 10.9 Å². The Bertz CT molecular complexity index is 1420. The average molecular weight is 433 g/mol. The summed E-state index contributed by atoms with van der Waals surface area (Å²) < 4.78 is 0. The third-order valence-corrected chi connectivity index (χ3v) is 7.16. The Balaban J connectivity index is 1.20. The molecule has 1 atom stereocenters. The van der Waals surface area contributed by atoms with Crippen molar-refractivity contribution in [3.8, 4) is 0 Å². The van der Waals surface area contributed by atoms with Gasteiger partial charge in [0.15, 0.2) is 0 Å². The molecule has 162 valence electrons. The highest BCUT2D eigenvalue weighted by Crippen LogP contribution is 2.55. The van der Waals surface area contributed by atoms with Crippen molar-refractivity contribution in [2.24, 2.45) is 5.92 Å². The maximum atomic E-state index is 12.6. The number of benzene rings is 3. The fourth-order valence-corrected chi connectivity index (χ4v) is 5.70. The molecule has 0 fully saturated rings. The van der Waals surface area contributed by atoms with Crippen molar-refractivity contribution < 1.29 is 4.79 Å². The second kappa shape index (κ2) is 7.89. The molecule has 0 aliphatic heterocycles. The first-order valence-corrected chi connectivity index (χ1v) is 11.4. The van der Waals surface area contributed by atoms with E-state index < -0.39 is 0 Å². The van der Waals surface area contributed by atoms with Gasteiger partial charge in [-0.15, -0.1) is 0 Å². The number of hydrogen-bond donors (Lipinski definition) is 2. The van der Waals surface area contributed by atoms with Crippen molar-refractivity contribution >= 4 is 22.9 Å². The van der Waals surface area contributed by atoms with Crippen LogP contribution in [0.5, 0.6) is 0 Å². The molecule has 1 amide bonds. The van der Waals surface area contributed by atoms with Crippen molar-refractivity contribution in [2.75, 3.05) is 6.54 Å². The van der Waals surface area contributed by atoms with Crippen LogP contribution in [0.25, 0.3) is 17.0 Å². The summed E-state index contributed by atoms with van der Waals surface area (Å²) in [6.45, 7) is 0.612. The number of hydrogen-bond acceptors (Lipinski definition) is 2. The van der Waals surface area contributed by atoms with E-state index >= 15 is 0 Å². The number of nitrogens with one attached hydrogen (secondary N) is 2. The number of pyridine rings is 1. The van der Waals surface area contributed by atoms with E-state index in [9.17, 15) is 9.59 Å². The third kappa shape index (κ3) is 3.39. The van der Waals surface area contributed by atoms with E-state index in [-0.39, 0.29) is 11.5 Å². The molecule has 2 N–H and O–H groups in total. The fraction of sp³-hybridized carbons (Fsp3) is 0.172. The molecule has 3 aliphatic rings. The quantitative estimate of drug-likeness (QED) is 0.448. The van der Waals surface area contributed by atoms with Gasteiger partial charge in [0.05, 0.1) is 0 Å². The highest BCUT2D eigenvalue weighted by Gasteiger charge is 2.42. The minimum absolute atomic E-state index is 0.175. The number of fused-ring (bicyclic) bond motifs is 2. The van der Waals surface area contributed by atoms with E-state index in [1.165, 1.54) is 28.3 Å². The van der Waals surface area contributed by atoms with Gasteiger partial charge >= 0.3 is 0 Å². The molecule has 4 aromatic rings. The summed E-state index contributed by atoms with van der Waals surface area (Å²) in [5, 5.41) is 4.03. The molecule has 4 nitrogen and oxygen atoms in total. The van der Waals surface area contributed by atoms with E-state index in [0.717, 1.165) is 17.3 Å². The number of rotatable bonds is 4. The van der Waals surface area contributed by atoms with Crippen molar-refractivity contribution in [2.45, 2.75) is 18.3 Å². The van der Waals surface area contributed by atoms with Crippen LogP contribution in [0.1, 0.15) is 46.1 Å². The van der Waals surface area contributed by atoms with Crippen molar-refractivity contribution in [1.29, 1.82) is 0 Å². The van der Waals surface area contributed by atoms with Gasteiger partial charge in [-0.2, -0.15) is 0 Å². The molecular formula is C29H24N2O2. The Kier molecular flexibility index (Phi) is 4.72. The predicted molar refractivity (Wildman–Crippen MR) is 131 cm³/mol. The number of aromatic amines is 1. The van der Waals surface area contributed by atoms with Crippen LogP contribution in [0.2, 0.25) is 0 Å². The third-order valence-electron chi connectivity index (χ3n) is 7.16. The zero-order valence-corrected chi connectivity index (χ0v) is 18.1. The molecule has 33 heavy (non-hydrogen) atoms. The van der Waals surface area contributed by atoms with Crippen LogP contribution >= 0.6 is 0 Å². The summed E-state index contributed by atoms with van der Waals surface area (Å²) in [5.41, 5.74) is 6.71. The molecule has 1 aromatic heterocycles. The zero-order chi connectivity index (χ0) is 22.4. The molecule has 1 heterocycles. The van der Waals surface area contributed by atoms with Crippen LogP contribution in [0.3, 0.4) is 0 Å². The number of H-pyrrole nitrogens is 1. The average Bonchev–Trinajstić information content (AvgIpc) is 2.86. The summed E-state index contributed by atoms with van der Waals surface area (Å²) in [5.74, 6) is 0.859. The molecule has 0 saturated carbocycles. The number of aromatic nitrogens is 1. The molecule has 3 aromatic carbocycles. The molecule has 0 radical (unpaired) electrons. The lowest BCUT2D eigenvalue weighted by molar-refractivity contribution is -0.116. The fourth-order valence-electron chi connectivity index (χ4n) is 5.70. The van der Waals surface area contributed by atoms with Gasteiger partial charge < -0.3 is 10.3 Å². The van der Waals surface area contributed by atoms with Gasteiger partial charge in [0.2, 0.25) is 5.91 Å². The van der Waals surface area contributed by atoms with Crippen LogP contribution in [-0.4, -0.2) is 17.4 Å². The Morgan fingerprint density at radius 1 is 0.909 bits per heavy atom. The number of para-hydroxylation sites is 1. The molecule has 0 saturated heterocycles. The Hall–Kier alpha value is -3.92. The van der Waals surface area contributed by atoms with E-state index in [0.29, 0.717) is 29.9 Å². The smallest absolute Gasteiger partial charge is 0.255 e. The summed E-state index contributed by atoms with van der Waals surface area (Å²) >= 11 is 0. The number of carbonyl (C=O) groups is 1. The van der Waals surface area contributed by atoms with Crippen LogP contribution in [0.15, 0.2) is 89.7 Å². The predicted octanol–water partition coefficient (Wildman–Crippen LogP) is 4.95. The first-order valence-electron chi connectivity index (χ1n) is 11.4. The Morgan fingerprint density at radius 3 is 2.27 bits per heavy atom. The Morgan fingerprint density at radius 2 is 1.55 bits per heavy atom. The van der Waals surface area contributed by atoms with E-state index in [1.54, 1.807) is 6.08 Å². The number of carbonyl (C=O) groups excluding carboxylic acids is 1. The van der Waals surface area contributed by atoms with E-state index in [1.807, 2.05) is 30.3 Å². The van der Waals surface area contributed by atoms with E-state index in [2.05, 4.69) is 58.8 Å². The van der Waals surface area contributed by atoms with Gasteiger partial charge in [-0.25, -0.2) is 0 Å². The molecular weight excluding hydrogens is 408 g/mol. The van der Waals surface area contributed by atoms with Gasteiger partial charge in [0.25, 0.3) is 5.56 Å². The number of amides is 1. The largest absolute Gasteiger partial charge is 0.352 e. The lowest BCUT2D eigenvalue weighted by Crippen LogP contribution is -2.39. The van der Waals surface area contributed by atoms with Crippen LogP contribution in [-0.2, 0) is 4.79 Å². The second-order valence-electron chi connectivity index (χ2n) is 9.00. The molecule has 2 bridgehead atoms. The first-order chi connectivity index (χ1) is 16.2. The molecule has 4 heteroatoms. The first kappa shape index (κ1) is 19.7. The van der Waals surface area contributed by atoms with Crippen molar-refractivity contribution in [1.82, 2.24) is 10.3 Å². The SMILES string of the molecule is O=C(/C=C/c1cc2ccccc2[nH]c1=O)NCC1CC2c3ccccc3C1c1ccccc12. The van der Waals surface area contributed by atoms with Gasteiger partial charge in [-0.1, -0.05) is 66.7 Å².